The highest BCUT2D eigenvalue weighted by Crippen LogP contribution is 2.29. The first-order chi connectivity index (χ1) is 6.50. The Labute approximate surface area is 97.3 Å². The van der Waals surface area contributed by atoms with E-state index in [1.54, 1.807) is 12.1 Å². The van der Waals surface area contributed by atoms with Crippen molar-refractivity contribution in [1.29, 1.82) is 5.41 Å². The Morgan fingerprint density at radius 2 is 2.07 bits per heavy atom. The van der Waals surface area contributed by atoms with Crippen LogP contribution in [0, 0.1) is 5.41 Å². The summed E-state index contributed by atoms with van der Waals surface area (Å²) >= 11 is 13.1. The minimum atomic E-state index is -0.0488. The zero-order valence-corrected chi connectivity index (χ0v) is 9.88. The molecule has 14 heavy (non-hydrogen) atoms. The van der Waals surface area contributed by atoms with Gasteiger partial charge in [-0.3, -0.25) is 5.41 Å². The maximum Gasteiger partial charge on any atom is 0.104 e. The van der Waals surface area contributed by atoms with Crippen LogP contribution in [0.3, 0.4) is 0 Å². The van der Waals surface area contributed by atoms with Gasteiger partial charge in [-0.25, -0.2) is 0 Å². The first-order valence-corrected chi connectivity index (χ1v) is 5.60. The lowest BCUT2D eigenvalue weighted by Gasteiger charge is -2.09. The molecule has 2 nitrogen and oxygen atoms in total. The second kappa shape index (κ2) is 4.91. The van der Waals surface area contributed by atoms with Crippen molar-refractivity contribution in [2.24, 2.45) is 5.73 Å². The van der Waals surface area contributed by atoms with Gasteiger partial charge in [0.05, 0.1) is 15.3 Å². The first-order valence-electron chi connectivity index (χ1n) is 3.96. The van der Waals surface area contributed by atoms with Gasteiger partial charge >= 0.3 is 0 Å². The summed E-state index contributed by atoms with van der Waals surface area (Å²) in [5, 5.41) is 8.25. The highest BCUT2D eigenvalue weighted by molar-refractivity contribution is 8.00. The zero-order chi connectivity index (χ0) is 10.7. The average Bonchev–Trinajstić information content (AvgIpc) is 2.11. The predicted octanol–water partition coefficient (Wildman–Crippen LogP) is 3.41. The van der Waals surface area contributed by atoms with Crippen molar-refractivity contribution in [2.75, 3.05) is 0 Å². The second-order valence-corrected chi connectivity index (χ2v) is 5.02. The summed E-state index contributed by atoms with van der Waals surface area (Å²) in [6.07, 6.45) is 0. The molecule has 1 unspecified atom stereocenters. The van der Waals surface area contributed by atoms with Crippen molar-refractivity contribution >= 4 is 40.8 Å². The highest BCUT2D eigenvalue weighted by Gasteiger charge is 2.08. The van der Waals surface area contributed by atoms with Crippen LogP contribution in [0.25, 0.3) is 0 Å². The van der Waals surface area contributed by atoms with Gasteiger partial charge in [0.25, 0.3) is 0 Å². The Hall–Kier alpha value is -0.380. The molecule has 3 N–H and O–H groups in total. The zero-order valence-electron chi connectivity index (χ0n) is 7.55. The molecule has 0 bridgehead atoms. The van der Waals surface area contributed by atoms with Crippen LogP contribution in [-0.2, 0) is 0 Å². The molecule has 76 valence electrons. The maximum atomic E-state index is 7.24. The number of rotatable bonds is 3. The van der Waals surface area contributed by atoms with E-state index in [1.165, 1.54) is 11.8 Å². The van der Waals surface area contributed by atoms with E-state index in [4.69, 9.17) is 34.3 Å². The van der Waals surface area contributed by atoms with Gasteiger partial charge in [0.1, 0.15) is 5.84 Å². The summed E-state index contributed by atoms with van der Waals surface area (Å²) in [5.74, 6) is 0.154. The van der Waals surface area contributed by atoms with E-state index in [1.807, 2.05) is 13.0 Å². The van der Waals surface area contributed by atoms with Gasteiger partial charge in [-0.2, -0.15) is 0 Å². The Morgan fingerprint density at radius 3 is 2.57 bits per heavy atom. The molecule has 0 spiro atoms. The highest BCUT2D eigenvalue weighted by atomic mass is 35.5. The molecule has 0 saturated carbocycles. The van der Waals surface area contributed by atoms with Gasteiger partial charge in [0.2, 0.25) is 0 Å². The van der Waals surface area contributed by atoms with Crippen molar-refractivity contribution in [1.82, 2.24) is 0 Å². The van der Waals surface area contributed by atoms with Gasteiger partial charge in [0.15, 0.2) is 0 Å². The van der Waals surface area contributed by atoms with Crippen LogP contribution in [0.1, 0.15) is 6.92 Å². The fourth-order valence-electron chi connectivity index (χ4n) is 0.818. The summed E-state index contributed by atoms with van der Waals surface area (Å²) in [5.41, 5.74) is 5.36. The molecular weight excluding hydrogens is 239 g/mol. The molecule has 0 fully saturated rings. The van der Waals surface area contributed by atoms with Gasteiger partial charge < -0.3 is 5.73 Å². The summed E-state index contributed by atoms with van der Waals surface area (Å²) < 4.78 is 0. The lowest BCUT2D eigenvalue weighted by atomic mass is 10.4. The van der Waals surface area contributed by atoms with Crippen molar-refractivity contribution < 1.29 is 0 Å². The summed E-state index contributed by atoms with van der Waals surface area (Å²) in [6, 6.07) is 5.37. The number of hydrogen-bond acceptors (Lipinski definition) is 2. The lowest BCUT2D eigenvalue weighted by molar-refractivity contribution is 1.22. The SMILES string of the molecule is CC(Sc1ccc(Cl)c(Cl)c1)C(=N)N. The fourth-order valence-corrected chi connectivity index (χ4v) is 2.05. The van der Waals surface area contributed by atoms with Crippen LogP contribution in [0.5, 0.6) is 0 Å². The van der Waals surface area contributed by atoms with E-state index in [2.05, 4.69) is 0 Å². The molecule has 1 aromatic carbocycles. The summed E-state index contributed by atoms with van der Waals surface area (Å²) in [6.45, 7) is 1.87. The van der Waals surface area contributed by atoms with E-state index >= 15 is 0 Å². The molecule has 0 radical (unpaired) electrons. The van der Waals surface area contributed by atoms with Gasteiger partial charge in [-0.15, -0.1) is 11.8 Å². The van der Waals surface area contributed by atoms with Gasteiger partial charge in [0, 0.05) is 4.90 Å². The third-order valence-corrected chi connectivity index (χ3v) is 3.51. The Bertz CT molecular complexity index is 355. The molecule has 0 aliphatic carbocycles. The lowest BCUT2D eigenvalue weighted by Crippen LogP contribution is -2.21. The molecule has 1 atom stereocenters. The minimum absolute atomic E-state index is 0.0488. The number of nitrogens with two attached hydrogens (primary N) is 1. The number of hydrogen-bond donors (Lipinski definition) is 2. The third kappa shape index (κ3) is 3.08. The smallest absolute Gasteiger partial charge is 0.104 e. The Kier molecular flexibility index (Phi) is 4.11. The second-order valence-electron chi connectivity index (χ2n) is 2.79. The minimum Gasteiger partial charge on any atom is -0.387 e. The maximum absolute atomic E-state index is 7.24. The van der Waals surface area contributed by atoms with Crippen molar-refractivity contribution in [2.45, 2.75) is 17.1 Å². The first kappa shape index (κ1) is 11.7. The van der Waals surface area contributed by atoms with Crippen LogP contribution >= 0.6 is 35.0 Å². The molecule has 5 heteroatoms. The molecule has 0 aromatic heterocycles. The molecule has 1 aromatic rings. The van der Waals surface area contributed by atoms with Gasteiger partial charge in [-0.1, -0.05) is 23.2 Å². The number of thioether (sulfide) groups is 1. The molecule has 0 amide bonds. The largest absolute Gasteiger partial charge is 0.387 e. The van der Waals surface area contributed by atoms with Crippen LogP contribution in [0.2, 0.25) is 10.0 Å². The van der Waals surface area contributed by atoms with Crippen molar-refractivity contribution in [3.63, 3.8) is 0 Å². The fraction of sp³-hybridized carbons (Fsp3) is 0.222. The molecule has 0 saturated heterocycles. The Morgan fingerprint density at radius 1 is 1.43 bits per heavy atom. The quantitative estimate of drug-likeness (QED) is 0.490. The van der Waals surface area contributed by atoms with E-state index in [0.29, 0.717) is 10.0 Å². The topological polar surface area (TPSA) is 49.9 Å². The molecule has 0 aliphatic heterocycles. The van der Waals surface area contributed by atoms with E-state index in [9.17, 15) is 0 Å². The normalized spacial score (nSPS) is 12.5. The van der Waals surface area contributed by atoms with E-state index < -0.39 is 0 Å². The predicted molar refractivity (Wildman–Crippen MR) is 63.7 cm³/mol. The number of halogens is 2. The van der Waals surface area contributed by atoms with Crippen LogP contribution < -0.4 is 5.73 Å². The number of benzene rings is 1. The van der Waals surface area contributed by atoms with E-state index in [-0.39, 0.29) is 11.1 Å². The Balaban J connectivity index is 2.78. The standard InChI is InChI=1S/C9H10Cl2N2S/c1-5(9(12)13)14-6-2-3-7(10)8(11)4-6/h2-5H,1H3,(H3,12,13). The van der Waals surface area contributed by atoms with Gasteiger partial charge in [-0.05, 0) is 25.1 Å². The summed E-state index contributed by atoms with van der Waals surface area (Å²) in [4.78, 5) is 0.960. The number of amidine groups is 1. The molecule has 0 heterocycles. The van der Waals surface area contributed by atoms with Crippen LogP contribution in [0.15, 0.2) is 23.1 Å². The van der Waals surface area contributed by atoms with Crippen LogP contribution in [-0.4, -0.2) is 11.1 Å². The monoisotopic (exact) mass is 248 g/mol. The summed E-state index contributed by atoms with van der Waals surface area (Å²) in [7, 11) is 0. The number of nitrogens with one attached hydrogen (secondary N) is 1. The molecule has 0 aliphatic rings. The third-order valence-electron chi connectivity index (χ3n) is 1.64. The van der Waals surface area contributed by atoms with Crippen molar-refractivity contribution in [3.8, 4) is 0 Å². The molecule has 1 rings (SSSR count). The van der Waals surface area contributed by atoms with Crippen molar-refractivity contribution in [3.05, 3.63) is 28.2 Å². The molecular formula is C9H10Cl2N2S. The van der Waals surface area contributed by atoms with Crippen LogP contribution in [0.4, 0.5) is 0 Å². The average molecular weight is 249 g/mol. The van der Waals surface area contributed by atoms with E-state index in [0.717, 1.165) is 4.90 Å².